The molecule has 0 saturated carbocycles. The summed E-state index contributed by atoms with van der Waals surface area (Å²) in [5.74, 6) is 1.18. The van der Waals surface area contributed by atoms with Crippen molar-refractivity contribution < 1.29 is 0 Å². The molecule has 11 heavy (non-hydrogen) atoms. The number of hydrogen-bond acceptors (Lipinski definition) is 3. The van der Waals surface area contributed by atoms with E-state index in [9.17, 15) is 0 Å². The Morgan fingerprint density at radius 1 is 1.64 bits per heavy atom. The van der Waals surface area contributed by atoms with Gasteiger partial charge in [0.05, 0.1) is 0 Å². The first-order valence-electron chi connectivity index (χ1n) is 4.05. The van der Waals surface area contributed by atoms with Gasteiger partial charge >= 0.3 is 0 Å². The summed E-state index contributed by atoms with van der Waals surface area (Å²) in [5, 5.41) is 4.35. The van der Waals surface area contributed by atoms with Crippen molar-refractivity contribution in [3.63, 3.8) is 0 Å². The summed E-state index contributed by atoms with van der Waals surface area (Å²) in [5.41, 5.74) is 0.392. The molecule has 0 aliphatic carbocycles. The van der Waals surface area contributed by atoms with Crippen LogP contribution in [0.3, 0.4) is 0 Å². The zero-order valence-electron chi connectivity index (χ0n) is 7.48. The Labute approximate surface area is 72.9 Å². The van der Waals surface area contributed by atoms with Crippen LogP contribution < -0.4 is 5.32 Å². The molecule has 0 aromatic carbocycles. The predicted molar refractivity (Wildman–Crippen MR) is 52.2 cm³/mol. The van der Waals surface area contributed by atoms with E-state index in [1.54, 1.807) is 0 Å². The molecule has 0 aromatic rings. The first-order chi connectivity index (χ1) is 5.14. The van der Waals surface area contributed by atoms with Gasteiger partial charge in [-0.15, -0.1) is 0 Å². The van der Waals surface area contributed by atoms with Crippen molar-refractivity contribution >= 4 is 16.9 Å². The first-order valence-corrected chi connectivity index (χ1v) is 5.04. The van der Waals surface area contributed by atoms with Crippen LogP contribution in [-0.4, -0.2) is 24.0 Å². The number of amidine groups is 1. The van der Waals surface area contributed by atoms with E-state index in [0.29, 0.717) is 5.41 Å². The van der Waals surface area contributed by atoms with Crippen molar-refractivity contribution in [2.75, 3.05) is 18.8 Å². The second kappa shape index (κ2) is 3.48. The average molecular weight is 172 g/mol. The summed E-state index contributed by atoms with van der Waals surface area (Å²) in [6, 6.07) is 0. The second-order valence-corrected chi connectivity index (χ2v) is 4.57. The summed E-state index contributed by atoms with van der Waals surface area (Å²) in [6.07, 6.45) is 0. The number of aliphatic imine (C=N–C) groups is 1. The van der Waals surface area contributed by atoms with Gasteiger partial charge in [-0.1, -0.05) is 25.6 Å². The molecule has 0 aromatic heterocycles. The van der Waals surface area contributed by atoms with Crippen molar-refractivity contribution in [1.82, 2.24) is 5.32 Å². The fraction of sp³-hybridized carbons (Fsp3) is 0.875. The summed E-state index contributed by atoms with van der Waals surface area (Å²) >= 11 is 1.83. The SMILES string of the molecule is CCNC1=NCC(C)(C)CS1. The molecule has 0 amide bonds. The van der Waals surface area contributed by atoms with E-state index in [-0.39, 0.29) is 0 Å². The van der Waals surface area contributed by atoms with Gasteiger partial charge in [0.2, 0.25) is 0 Å². The zero-order chi connectivity index (χ0) is 8.32. The highest BCUT2D eigenvalue weighted by molar-refractivity contribution is 8.13. The lowest BCUT2D eigenvalue weighted by molar-refractivity contribution is 0.437. The third-order valence-corrected chi connectivity index (χ3v) is 3.05. The minimum Gasteiger partial charge on any atom is -0.365 e. The smallest absolute Gasteiger partial charge is 0.156 e. The maximum atomic E-state index is 4.44. The van der Waals surface area contributed by atoms with Crippen LogP contribution in [0.1, 0.15) is 20.8 Å². The van der Waals surface area contributed by atoms with Crippen LogP contribution >= 0.6 is 11.8 Å². The number of nitrogens with one attached hydrogen (secondary N) is 1. The summed E-state index contributed by atoms with van der Waals surface area (Å²) in [4.78, 5) is 4.44. The van der Waals surface area contributed by atoms with Crippen molar-refractivity contribution in [2.45, 2.75) is 20.8 Å². The van der Waals surface area contributed by atoms with E-state index in [0.717, 1.165) is 18.3 Å². The Morgan fingerprint density at radius 2 is 2.36 bits per heavy atom. The van der Waals surface area contributed by atoms with E-state index >= 15 is 0 Å². The topological polar surface area (TPSA) is 24.4 Å². The molecule has 0 unspecified atom stereocenters. The highest BCUT2D eigenvalue weighted by Gasteiger charge is 2.22. The molecule has 2 nitrogen and oxygen atoms in total. The van der Waals surface area contributed by atoms with Crippen LogP contribution in [0.5, 0.6) is 0 Å². The third-order valence-electron chi connectivity index (χ3n) is 1.58. The van der Waals surface area contributed by atoms with E-state index in [1.807, 2.05) is 11.8 Å². The predicted octanol–water partition coefficient (Wildman–Crippen LogP) is 1.72. The summed E-state index contributed by atoms with van der Waals surface area (Å²) < 4.78 is 0. The molecule has 0 fully saturated rings. The van der Waals surface area contributed by atoms with Crippen molar-refractivity contribution in [3.8, 4) is 0 Å². The maximum absolute atomic E-state index is 4.44. The van der Waals surface area contributed by atoms with E-state index in [1.165, 1.54) is 5.75 Å². The van der Waals surface area contributed by atoms with Gasteiger partial charge in [-0.2, -0.15) is 0 Å². The van der Waals surface area contributed by atoms with Gasteiger partial charge in [0.1, 0.15) is 0 Å². The molecule has 3 heteroatoms. The maximum Gasteiger partial charge on any atom is 0.156 e. The Kier molecular flexibility index (Phi) is 2.82. The fourth-order valence-corrected chi connectivity index (χ4v) is 1.92. The van der Waals surface area contributed by atoms with E-state index in [2.05, 4.69) is 31.1 Å². The molecule has 1 heterocycles. The minimum absolute atomic E-state index is 0.392. The molecule has 1 rings (SSSR count). The summed E-state index contributed by atoms with van der Waals surface area (Å²) in [7, 11) is 0. The van der Waals surface area contributed by atoms with Gasteiger partial charge in [0.25, 0.3) is 0 Å². The van der Waals surface area contributed by atoms with Crippen LogP contribution in [0.4, 0.5) is 0 Å². The van der Waals surface area contributed by atoms with Gasteiger partial charge in [0, 0.05) is 18.8 Å². The Morgan fingerprint density at radius 3 is 2.82 bits per heavy atom. The normalized spacial score (nSPS) is 22.6. The Bertz CT molecular complexity index is 163. The van der Waals surface area contributed by atoms with Gasteiger partial charge in [-0.25, -0.2) is 0 Å². The molecule has 1 aliphatic rings. The van der Waals surface area contributed by atoms with Gasteiger partial charge in [-0.3, -0.25) is 4.99 Å². The summed E-state index contributed by atoms with van der Waals surface area (Å²) in [6.45, 7) is 8.55. The van der Waals surface area contributed by atoms with Crippen molar-refractivity contribution in [3.05, 3.63) is 0 Å². The zero-order valence-corrected chi connectivity index (χ0v) is 8.29. The third kappa shape index (κ3) is 2.73. The highest BCUT2D eigenvalue weighted by atomic mass is 32.2. The van der Waals surface area contributed by atoms with Crippen molar-refractivity contribution in [2.24, 2.45) is 10.4 Å². The molecular weight excluding hydrogens is 156 g/mol. The number of hydrogen-bond donors (Lipinski definition) is 1. The lowest BCUT2D eigenvalue weighted by Crippen LogP contribution is -2.31. The lowest BCUT2D eigenvalue weighted by Gasteiger charge is -2.27. The number of thioether (sulfide) groups is 1. The van der Waals surface area contributed by atoms with Gasteiger partial charge in [0.15, 0.2) is 5.17 Å². The largest absolute Gasteiger partial charge is 0.365 e. The molecule has 0 saturated heterocycles. The Hall–Kier alpha value is -0.180. The molecule has 0 bridgehead atoms. The molecule has 0 radical (unpaired) electrons. The minimum atomic E-state index is 0.392. The molecule has 0 spiro atoms. The Balaban J connectivity index is 2.44. The van der Waals surface area contributed by atoms with Gasteiger partial charge in [-0.05, 0) is 12.3 Å². The quantitative estimate of drug-likeness (QED) is 0.651. The molecule has 0 atom stereocenters. The fourth-order valence-electron chi connectivity index (χ4n) is 0.899. The molecule has 1 aliphatic heterocycles. The monoisotopic (exact) mass is 172 g/mol. The van der Waals surface area contributed by atoms with E-state index in [4.69, 9.17) is 0 Å². The standard InChI is InChI=1S/C8H16N2S/c1-4-9-7-10-5-8(2,3)6-11-7/h4-6H2,1-3H3,(H,9,10). The van der Waals surface area contributed by atoms with E-state index < -0.39 is 0 Å². The first kappa shape index (κ1) is 8.91. The van der Waals surface area contributed by atoms with Crippen LogP contribution in [0.25, 0.3) is 0 Å². The average Bonchev–Trinajstić information content (AvgIpc) is 1.94. The number of nitrogens with zero attached hydrogens (tertiary/aromatic N) is 1. The van der Waals surface area contributed by atoms with Crippen molar-refractivity contribution in [1.29, 1.82) is 0 Å². The lowest BCUT2D eigenvalue weighted by atomic mass is 9.97. The van der Waals surface area contributed by atoms with Crippen LogP contribution in [-0.2, 0) is 0 Å². The van der Waals surface area contributed by atoms with Gasteiger partial charge < -0.3 is 5.32 Å². The molecule has 64 valence electrons. The van der Waals surface area contributed by atoms with Crippen LogP contribution in [0.15, 0.2) is 4.99 Å². The molecule has 1 N–H and O–H groups in total. The van der Waals surface area contributed by atoms with Crippen LogP contribution in [0, 0.1) is 5.41 Å². The number of rotatable bonds is 1. The molecular formula is C8H16N2S. The second-order valence-electron chi connectivity index (χ2n) is 3.60. The van der Waals surface area contributed by atoms with Crippen LogP contribution in [0.2, 0.25) is 0 Å². The highest BCUT2D eigenvalue weighted by Crippen LogP contribution is 2.26.